The summed E-state index contributed by atoms with van der Waals surface area (Å²) < 4.78 is 18.4. The average molecular weight is 375 g/mol. The number of anilines is 1. The van der Waals surface area contributed by atoms with Gasteiger partial charge in [-0.3, -0.25) is 14.9 Å². The molecule has 1 saturated heterocycles. The third-order valence-electron chi connectivity index (χ3n) is 4.56. The first kappa shape index (κ1) is 17.1. The summed E-state index contributed by atoms with van der Waals surface area (Å²) in [6, 6.07) is 5.56. The smallest absolute Gasteiger partial charge is 0.255 e. The minimum absolute atomic E-state index is 0.131. The number of halogens is 1. The zero-order valence-electron chi connectivity index (χ0n) is 14.0. The van der Waals surface area contributed by atoms with Crippen LogP contribution < -0.4 is 5.32 Å². The Hall–Kier alpha value is -2.32. The van der Waals surface area contributed by atoms with Crippen molar-refractivity contribution in [1.29, 1.82) is 0 Å². The van der Waals surface area contributed by atoms with Gasteiger partial charge >= 0.3 is 0 Å². The van der Waals surface area contributed by atoms with Crippen LogP contribution in [-0.4, -0.2) is 41.0 Å². The topological polar surface area (TPSA) is 71.5 Å². The molecule has 4 rings (SSSR count). The third-order valence-corrected chi connectivity index (χ3v) is 5.56. The summed E-state index contributed by atoms with van der Waals surface area (Å²) in [5.74, 6) is -0.654. The van der Waals surface area contributed by atoms with Gasteiger partial charge in [0.15, 0.2) is 5.13 Å². The maximum Gasteiger partial charge on any atom is 0.255 e. The number of hydrogen-bond acceptors (Lipinski definition) is 5. The lowest BCUT2D eigenvalue weighted by Crippen LogP contribution is -2.35. The first-order chi connectivity index (χ1) is 12.6. The number of nitrogens with one attached hydrogen (secondary N) is 1. The van der Waals surface area contributed by atoms with Crippen molar-refractivity contribution in [1.82, 2.24) is 9.88 Å². The van der Waals surface area contributed by atoms with Crippen molar-refractivity contribution >= 4 is 28.3 Å². The summed E-state index contributed by atoms with van der Waals surface area (Å²) in [5.41, 5.74) is 1.38. The first-order valence-corrected chi connectivity index (χ1v) is 9.38. The van der Waals surface area contributed by atoms with Crippen LogP contribution in [0, 0.1) is 5.82 Å². The largest absolute Gasteiger partial charge is 0.368 e. The lowest BCUT2D eigenvalue weighted by molar-refractivity contribution is -0.124. The second-order valence-electron chi connectivity index (χ2n) is 6.36. The molecule has 0 saturated carbocycles. The zero-order chi connectivity index (χ0) is 18.1. The molecule has 2 amide bonds. The van der Waals surface area contributed by atoms with Gasteiger partial charge in [0, 0.05) is 30.0 Å². The van der Waals surface area contributed by atoms with E-state index >= 15 is 0 Å². The highest BCUT2D eigenvalue weighted by atomic mass is 32.1. The van der Waals surface area contributed by atoms with Gasteiger partial charge in [-0.2, -0.15) is 0 Å². The van der Waals surface area contributed by atoms with Gasteiger partial charge in [0.2, 0.25) is 0 Å². The van der Waals surface area contributed by atoms with Gasteiger partial charge in [0.25, 0.3) is 11.8 Å². The number of ether oxygens (including phenoxy) is 1. The van der Waals surface area contributed by atoms with Crippen LogP contribution in [0.2, 0.25) is 0 Å². The van der Waals surface area contributed by atoms with Gasteiger partial charge in [-0.25, -0.2) is 9.37 Å². The molecule has 2 aliphatic rings. The fourth-order valence-corrected chi connectivity index (χ4v) is 4.19. The van der Waals surface area contributed by atoms with Crippen molar-refractivity contribution in [2.75, 3.05) is 18.5 Å². The van der Waals surface area contributed by atoms with Crippen molar-refractivity contribution in [3.63, 3.8) is 0 Å². The number of nitrogens with zero attached hydrogens (tertiary/aromatic N) is 2. The van der Waals surface area contributed by atoms with Crippen LogP contribution in [0.1, 0.15) is 33.8 Å². The third kappa shape index (κ3) is 3.47. The molecule has 136 valence electrons. The van der Waals surface area contributed by atoms with Crippen molar-refractivity contribution < 1.29 is 18.7 Å². The number of thiazole rings is 1. The molecule has 26 heavy (non-hydrogen) atoms. The molecule has 3 heterocycles. The highest BCUT2D eigenvalue weighted by Gasteiger charge is 2.27. The molecule has 1 N–H and O–H groups in total. The van der Waals surface area contributed by atoms with E-state index in [1.807, 2.05) is 0 Å². The van der Waals surface area contributed by atoms with E-state index in [0.717, 1.165) is 23.4 Å². The van der Waals surface area contributed by atoms with E-state index in [2.05, 4.69) is 10.3 Å². The Bertz CT molecular complexity index is 831. The molecule has 1 aromatic heterocycles. The van der Waals surface area contributed by atoms with E-state index in [1.54, 1.807) is 4.90 Å². The number of fused-ring (bicyclic) bond motifs is 1. The number of carbonyl (C=O) groups is 2. The van der Waals surface area contributed by atoms with Crippen LogP contribution in [0.5, 0.6) is 0 Å². The number of hydrogen-bond donors (Lipinski definition) is 1. The second-order valence-corrected chi connectivity index (χ2v) is 7.45. The summed E-state index contributed by atoms with van der Waals surface area (Å²) >= 11 is 1.39. The first-order valence-electron chi connectivity index (χ1n) is 8.56. The van der Waals surface area contributed by atoms with E-state index in [0.29, 0.717) is 36.8 Å². The highest BCUT2D eigenvalue weighted by molar-refractivity contribution is 7.15. The summed E-state index contributed by atoms with van der Waals surface area (Å²) in [6.07, 6.45) is 1.87. The molecule has 8 heteroatoms. The molecular weight excluding hydrogens is 357 g/mol. The van der Waals surface area contributed by atoms with E-state index in [4.69, 9.17) is 4.74 Å². The Morgan fingerprint density at radius 1 is 1.31 bits per heavy atom. The summed E-state index contributed by atoms with van der Waals surface area (Å²) in [7, 11) is 0. The van der Waals surface area contributed by atoms with Gasteiger partial charge in [0.1, 0.15) is 11.9 Å². The SMILES string of the molecule is O=C(Nc1nc2c(s1)CN(C(=O)c1ccc(F)cc1)CC2)C1CCCO1. The Morgan fingerprint density at radius 3 is 2.85 bits per heavy atom. The zero-order valence-corrected chi connectivity index (χ0v) is 14.9. The maximum atomic E-state index is 13.0. The molecule has 1 aromatic carbocycles. The number of benzene rings is 1. The van der Waals surface area contributed by atoms with E-state index in [1.165, 1.54) is 35.6 Å². The Balaban J connectivity index is 1.43. The number of rotatable bonds is 3. The van der Waals surface area contributed by atoms with Crippen LogP contribution >= 0.6 is 11.3 Å². The molecule has 1 unspecified atom stereocenters. The summed E-state index contributed by atoms with van der Waals surface area (Å²) in [5, 5.41) is 3.37. The standard InChI is InChI=1S/C18H18FN3O3S/c19-12-5-3-11(4-6-12)17(24)22-8-7-13-15(10-22)26-18(20-13)21-16(23)14-2-1-9-25-14/h3-6,14H,1-2,7-10H2,(H,20,21,23). The molecule has 1 fully saturated rings. The monoisotopic (exact) mass is 375 g/mol. The van der Waals surface area contributed by atoms with Crippen molar-refractivity contribution in [2.24, 2.45) is 0 Å². The normalized spacial score (nSPS) is 19.3. The van der Waals surface area contributed by atoms with Crippen LogP contribution in [-0.2, 0) is 22.5 Å². The number of aromatic nitrogens is 1. The Morgan fingerprint density at radius 2 is 2.12 bits per heavy atom. The average Bonchev–Trinajstić information content (AvgIpc) is 3.30. The molecule has 2 aliphatic heterocycles. The van der Waals surface area contributed by atoms with Crippen LogP contribution in [0.3, 0.4) is 0 Å². The van der Waals surface area contributed by atoms with Gasteiger partial charge in [-0.05, 0) is 37.1 Å². The second kappa shape index (κ2) is 7.13. The maximum absolute atomic E-state index is 13.0. The van der Waals surface area contributed by atoms with Crippen molar-refractivity contribution in [2.45, 2.75) is 31.9 Å². The Kier molecular flexibility index (Phi) is 4.69. The summed E-state index contributed by atoms with van der Waals surface area (Å²) in [6.45, 7) is 1.61. The molecule has 0 radical (unpaired) electrons. The lowest BCUT2D eigenvalue weighted by atomic mass is 10.1. The molecular formula is C18H18FN3O3S. The fourth-order valence-electron chi connectivity index (χ4n) is 3.17. The number of carbonyl (C=O) groups excluding carboxylic acids is 2. The van der Waals surface area contributed by atoms with Crippen LogP contribution in [0.4, 0.5) is 9.52 Å². The van der Waals surface area contributed by atoms with E-state index in [9.17, 15) is 14.0 Å². The summed E-state index contributed by atoms with van der Waals surface area (Å²) in [4.78, 5) is 31.9. The fraction of sp³-hybridized carbons (Fsp3) is 0.389. The molecule has 0 aliphatic carbocycles. The molecule has 0 bridgehead atoms. The minimum atomic E-state index is -0.396. The van der Waals surface area contributed by atoms with Gasteiger partial charge in [-0.1, -0.05) is 11.3 Å². The van der Waals surface area contributed by atoms with E-state index < -0.39 is 6.10 Å². The molecule has 0 spiro atoms. The van der Waals surface area contributed by atoms with Gasteiger partial charge in [0.05, 0.1) is 12.2 Å². The molecule has 1 atom stereocenters. The minimum Gasteiger partial charge on any atom is -0.368 e. The van der Waals surface area contributed by atoms with Crippen molar-refractivity contribution in [3.05, 3.63) is 46.2 Å². The molecule has 6 nitrogen and oxygen atoms in total. The van der Waals surface area contributed by atoms with Gasteiger partial charge in [-0.15, -0.1) is 0 Å². The van der Waals surface area contributed by atoms with Crippen LogP contribution in [0.15, 0.2) is 24.3 Å². The van der Waals surface area contributed by atoms with Crippen LogP contribution in [0.25, 0.3) is 0 Å². The van der Waals surface area contributed by atoms with Crippen molar-refractivity contribution in [3.8, 4) is 0 Å². The quantitative estimate of drug-likeness (QED) is 0.895. The predicted octanol–water partition coefficient (Wildman–Crippen LogP) is 2.60. The number of amides is 2. The predicted molar refractivity (Wildman–Crippen MR) is 94.6 cm³/mol. The highest BCUT2D eigenvalue weighted by Crippen LogP contribution is 2.29. The molecule has 2 aromatic rings. The van der Waals surface area contributed by atoms with E-state index in [-0.39, 0.29) is 17.6 Å². The van der Waals surface area contributed by atoms with Gasteiger partial charge < -0.3 is 9.64 Å². The lowest BCUT2D eigenvalue weighted by Gasteiger charge is -2.26. The Labute approximate surface area is 154 Å².